The van der Waals surface area contributed by atoms with Crippen molar-refractivity contribution in [3.8, 4) is 0 Å². The molecule has 3 N–H and O–H groups in total. The molecule has 1 amide bonds. The zero-order chi connectivity index (χ0) is 13.6. The Kier molecular flexibility index (Phi) is 3.32. The number of nitrogens with one attached hydrogen (secondary N) is 1. The molecule has 0 aromatic heterocycles. The molecule has 4 nitrogen and oxygen atoms in total. The van der Waals surface area contributed by atoms with Crippen molar-refractivity contribution >= 4 is 21.8 Å². The van der Waals surface area contributed by atoms with Gasteiger partial charge in [-0.2, -0.15) is 0 Å². The monoisotopic (exact) mass is 328 g/mol. The first-order valence-electron chi connectivity index (χ1n) is 6.21. The lowest BCUT2D eigenvalue weighted by Gasteiger charge is -2.45. The summed E-state index contributed by atoms with van der Waals surface area (Å²) in [5, 5.41) is 2.84. The Labute approximate surface area is 118 Å². The third-order valence-corrected chi connectivity index (χ3v) is 4.75. The Balaban J connectivity index is 1.73. The highest BCUT2D eigenvalue weighted by Crippen LogP contribution is 2.38. The number of halogens is 2. The van der Waals surface area contributed by atoms with Crippen LogP contribution in [0.15, 0.2) is 22.7 Å². The van der Waals surface area contributed by atoms with Crippen LogP contribution < -0.4 is 11.1 Å². The van der Waals surface area contributed by atoms with Crippen molar-refractivity contribution in [2.75, 3.05) is 6.61 Å². The maximum atomic E-state index is 13.4. The Morgan fingerprint density at radius 2 is 2.32 bits per heavy atom. The van der Waals surface area contributed by atoms with Crippen LogP contribution in [0.5, 0.6) is 0 Å². The molecule has 1 aliphatic heterocycles. The molecule has 2 fully saturated rings. The standard InChI is InChI=1S/C13H14BrFN2O2/c14-9-6(2-1-3-8(9)15)13(18)17-11-10(16)7-4-5-19-12(7)11/h1-3,7,10-12H,4-5,16H2,(H,17,18). The predicted molar refractivity (Wildman–Crippen MR) is 71.2 cm³/mol. The highest BCUT2D eigenvalue weighted by atomic mass is 79.9. The normalized spacial score (nSPS) is 32.6. The number of rotatable bonds is 2. The van der Waals surface area contributed by atoms with E-state index in [1.165, 1.54) is 12.1 Å². The van der Waals surface area contributed by atoms with Gasteiger partial charge in [0, 0.05) is 18.6 Å². The smallest absolute Gasteiger partial charge is 0.252 e. The molecule has 102 valence electrons. The molecular weight excluding hydrogens is 315 g/mol. The van der Waals surface area contributed by atoms with Gasteiger partial charge in [0.1, 0.15) is 5.82 Å². The molecule has 6 heteroatoms. The maximum absolute atomic E-state index is 13.4. The van der Waals surface area contributed by atoms with Crippen molar-refractivity contribution in [3.63, 3.8) is 0 Å². The largest absolute Gasteiger partial charge is 0.376 e. The van der Waals surface area contributed by atoms with Crippen molar-refractivity contribution in [1.29, 1.82) is 0 Å². The number of hydrogen-bond acceptors (Lipinski definition) is 3. The van der Waals surface area contributed by atoms with E-state index in [0.717, 1.165) is 6.42 Å². The minimum Gasteiger partial charge on any atom is -0.376 e. The molecule has 1 heterocycles. The van der Waals surface area contributed by atoms with E-state index in [4.69, 9.17) is 10.5 Å². The predicted octanol–water partition coefficient (Wildman–Crippen LogP) is 1.43. The lowest BCUT2D eigenvalue weighted by atomic mass is 9.72. The summed E-state index contributed by atoms with van der Waals surface area (Å²) in [6, 6.07) is 4.11. The first-order valence-corrected chi connectivity index (χ1v) is 7.01. The van der Waals surface area contributed by atoms with Crippen LogP contribution in [0, 0.1) is 11.7 Å². The van der Waals surface area contributed by atoms with Gasteiger partial charge < -0.3 is 15.8 Å². The molecule has 0 radical (unpaired) electrons. The number of hydrogen-bond donors (Lipinski definition) is 2. The number of nitrogens with two attached hydrogens (primary N) is 1. The second-order valence-electron chi connectivity index (χ2n) is 4.97. The van der Waals surface area contributed by atoms with Gasteiger partial charge in [-0.3, -0.25) is 4.79 Å². The van der Waals surface area contributed by atoms with Crippen molar-refractivity contribution in [2.45, 2.75) is 24.6 Å². The van der Waals surface area contributed by atoms with Gasteiger partial charge in [-0.1, -0.05) is 6.07 Å². The molecule has 0 spiro atoms. The highest BCUT2D eigenvalue weighted by Gasteiger charge is 2.52. The molecule has 3 rings (SSSR count). The fourth-order valence-electron chi connectivity index (χ4n) is 2.84. The fraction of sp³-hybridized carbons (Fsp3) is 0.462. The van der Waals surface area contributed by atoms with E-state index in [0.29, 0.717) is 12.5 Å². The summed E-state index contributed by atoms with van der Waals surface area (Å²) in [4.78, 5) is 12.1. The Morgan fingerprint density at radius 3 is 3.11 bits per heavy atom. The first kappa shape index (κ1) is 13.0. The molecule has 4 unspecified atom stereocenters. The van der Waals surface area contributed by atoms with Gasteiger partial charge in [0.15, 0.2) is 0 Å². The Bertz CT molecular complexity index is 525. The molecule has 2 aliphatic rings. The summed E-state index contributed by atoms with van der Waals surface area (Å²) in [5.74, 6) is -0.456. The minimum atomic E-state index is -0.458. The number of benzene rings is 1. The number of carbonyl (C=O) groups is 1. The molecule has 19 heavy (non-hydrogen) atoms. The third-order valence-electron chi connectivity index (χ3n) is 3.94. The molecule has 0 bridgehead atoms. The number of amides is 1. The van der Waals surface area contributed by atoms with Crippen molar-refractivity contribution in [2.24, 2.45) is 11.7 Å². The number of carbonyl (C=O) groups excluding carboxylic acids is 1. The third kappa shape index (κ3) is 2.07. The van der Waals surface area contributed by atoms with Crippen LogP contribution in [0.1, 0.15) is 16.8 Å². The molecule has 4 atom stereocenters. The quantitative estimate of drug-likeness (QED) is 0.863. The highest BCUT2D eigenvalue weighted by molar-refractivity contribution is 9.10. The van der Waals surface area contributed by atoms with Crippen LogP contribution in [0.4, 0.5) is 4.39 Å². The first-order chi connectivity index (χ1) is 9.09. The van der Waals surface area contributed by atoms with Crippen LogP contribution in [0.25, 0.3) is 0 Å². The van der Waals surface area contributed by atoms with Gasteiger partial charge in [0.25, 0.3) is 5.91 Å². The van der Waals surface area contributed by atoms with Crippen molar-refractivity contribution in [3.05, 3.63) is 34.1 Å². The number of ether oxygens (including phenoxy) is 1. The zero-order valence-corrected chi connectivity index (χ0v) is 11.7. The van der Waals surface area contributed by atoms with Gasteiger partial charge in [-0.05, 0) is 34.5 Å². The van der Waals surface area contributed by atoms with Crippen LogP contribution in [0.3, 0.4) is 0 Å². The zero-order valence-electron chi connectivity index (χ0n) is 10.1. The average Bonchev–Trinajstić information content (AvgIpc) is 2.83. The number of fused-ring (bicyclic) bond motifs is 1. The minimum absolute atomic E-state index is 0.00582. The lowest BCUT2D eigenvalue weighted by Crippen LogP contribution is -2.68. The lowest BCUT2D eigenvalue weighted by molar-refractivity contribution is -0.0161. The molecular formula is C13H14BrFN2O2. The topological polar surface area (TPSA) is 64.3 Å². The van der Waals surface area contributed by atoms with E-state index in [-0.39, 0.29) is 34.1 Å². The second-order valence-corrected chi connectivity index (χ2v) is 5.76. The van der Waals surface area contributed by atoms with E-state index in [1.54, 1.807) is 6.07 Å². The van der Waals surface area contributed by atoms with Crippen LogP contribution in [0.2, 0.25) is 0 Å². The van der Waals surface area contributed by atoms with Gasteiger partial charge in [-0.15, -0.1) is 0 Å². The summed E-state index contributed by atoms with van der Waals surface area (Å²) >= 11 is 3.08. The van der Waals surface area contributed by atoms with E-state index in [9.17, 15) is 9.18 Å². The van der Waals surface area contributed by atoms with Gasteiger partial charge in [0.2, 0.25) is 0 Å². The fourth-order valence-corrected chi connectivity index (χ4v) is 3.28. The maximum Gasteiger partial charge on any atom is 0.252 e. The average molecular weight is 329 g/mol. The molecule has 1 saturated carbocycles. The Hall–Kier alpha value is -0.980. The van der Waals surface area contributed by atoms with E-state index < -0.39 is 5.82 Å². The van der Waals surface area contributed by atoms with E-state index >= 15 is 0 Å². The van der Waals surface area contributed by atoms with Crippen LogP contribution in [-0.4, -0.2) is 30.7 Å². The van der Waals surface area contributed by atoms with Crippen LogP contribution in [-0.2, 0) is 4.74 Å². The van der Waals surface area contributed by atoms with Gasteiger partial charge in [-0.25, -0.2) is 4.39 Å². The van der Waals surface area contributed by atoms with Crippen LogP contribution >= 0.6 is 15.9 Å². The second kappa shape index (κ2) is 4.85. The summed E-state index contributed by atoms with van der Waals surface area (Å²) in [6.45, 7) is 0.694. The van der Waals surface area contributed by atoms with Crippen molar-refractivity contribution in [1.82, 2.24) is 5.32 Å². The van der Waals surface area contributed by atoms with E-state index in [1.807, 2.05) is 0 Å². The summed E-state index contributed by atoms with van der Waals surface area (Å²) in [7, 11) is 0. The van der Waals surface area contributed by atoms with Gasteiger partial charge >= 0.3 is 0 Å². The molecule has 1 aliphatic carbocycles. The molecule has 1 aromatic rings. The molecule has 1 aromatic carbocycles. The SMILES string of the molecule is NC1C2CCOC2C1NC(=O)c1cccc(F)c1Br. The molecule has 1 saturated heterocycles. The van der Waals surface area contributed by atoms with E-state index in [2.05, 4.69) is 21.2 Å². The summed E-state index contributed by atoms with van der Waals surface area (Å²) < 4.78 is 19.1. The Morgan fingerprint density at radius 1 is 1.53 bits per heavy atom. The summed E-state index contributed by atoms with van der Waals surface area (Å²) in [6.07, 6.45) is 0.952. The van der Waals surface area contributed by atoms with Crippen molar-refractivity contribution < 1.29 is 13.9 Å². The summed E-state index contributed by atoms with van der Waals surface area (Å²) in [5.41, 5.74) is 6.29. The van der Waals surface area contributed by atoms with Gasteiger partial charge in [0.05, 0.1) is 22.2 Å².